The van der Waals surface area contributed by atoms with Gasteiger partial charge in [0.15, 0.2) is 0 Å². The van der Waals surface area contributed by atoms with Crippen molar-refractivity contribution in [1.29, 1.82) is 0 Å². The quantitative estimate of drug-likeness (QED) is 0.821. The van der Waals surface area contributed by atoms with E-state index in [1.165, 1.54) is 0 Å². The lowest BCUT2D eigenvalue weighted by atomic mass is 10.0. The number of aryl methyl sites for hydroxylation is 1. The zero-order valence-corrected chi connectivity index (χ0v) is 9.64. The Morgan fingerprint density at radius 1 is 1.24 bits per heavy atom. The van der Waals surface area contributed by atoms with Crippen LogP contribution in [0.3, 0.4) is 0 Å². The fraction of sp³-hybridized carbons (Fsp3) is 0.214. The van der Waals surface area contributed by atoms with Crippen LogP contribution >= 0.6 is 0 Å². The van der Waals surface area contributed by atoms with E-state index in [0.717, 1.165) is 28.4 Å². The molecule has 3 heteroatoms. The molecule has 0 saturated carbocycles. The van der Waals surface area contributed by atoms with E-state index in [2.05, 4.69) is 0 Å². The number of carbonyl (C=O) groups is 1. The number of rotatable bonds is 4. The highest BCUT2D eigenvalue weighted by Gasteiger charge is 2.08. The van der Waals surface area contributed by atoms with Gasteiger partial charge in [0.2, 0.25) is 0 Å². The Morgan fingerprint density at radius 3 is 2.76 bits per heavy atom. The van der Waals surface area contributed by atoms with E-state index in [0.29, 0.717) is 12.8 Å². The topological polar surface area (TPSA) is 46.5 Å². The molecule has 0 amide bonds. The van der Waals surface area contributed by atoms with Crippen molar-refractivity contribution >= 4 is 17.1 Å². The van der Waals surface area contributed by atoms with Crippen molar-refractivity contribution in [1.82, 2.24) is 0 Å². The molecule has 0 radical (unpaired) electrons. The normalized spacial score (nSPS) is 10.4. The molecule has 2 rings (SSSR count). The molecule has 0 aliphatic heterocycles. The molecular formula is C14H14O3. The monoisotopic (exact) mass is 230 g/mol. The van der Waals surface area contributed by atoms with Crippen molar-refractivity contribution in [3.05, 3.63) is 35.9 Å². The van der Waals surface area contributed by atoms with Gasteiger partial charge in [-0.1, -0.05) is 24.3 Å². The summed E-state index contributed by atoms with van der Waals surface area (Å²) in [4.78, 5) is 10.4. The highest BCUT2D eigenvalue weighted by atomic mass is 16.5. The second-order valence-corrected chi connectivity index (χ2v) is 3.83. The first-order valence-corrected chi connectivity index (χ1v) is 5.49. The summed E-state index contributed by atoms with van der Waals surface area (Å²) in [5, 5.41) is 11.8. The summed E-state index contributed by atoms with van der Waals surface area (Å²) in [6.45, 7) is 0. The summed E-state index contributed by atoms with van der Waals surface area (Å²) in [6.07, 6.45) is 1.83. The molecule has 0 fully saturated rings. The van der Waals surface area contributed by atoms with E-state index < -0.39 is 0 Å². The minimum absolute atomic E-state index is 0.239. The Bertz CT molecular complexity index is 546. The van der Waals surface area contributed by atoms with E-state index in [1.807, 2.05) is 30.3 Å². The predicted octanol–water partition coefficient (Wildman–Crippen LogP) is 2.69. The predicted molar refractivity (Wildman–Crippen MR) is 66.5 cm³/mol. The highest BCUT2D eigenvalue weighted by Crippen LogP contribution is 2.34. The molecule has 0 aliphatic rings. The van der Waals surface area contributed by atoms with E-state index in [4.69, 9.17) is 4.74 Å². The molecule has 0 unspecified atom stereocenters. The zero-order valence-electron chi connectivity index (χ0n) is 9.64. The number of aldehydes is 1. The van der Waals surface area contributed by atoms with E-state index in [1.54, 1.807) is 7.11 Å². The van der Waals surface area contributed by atoms with Crippen LogP contribution in [0.25, 0.3) is 10.8 Å². The molecule has 2 aromatic carbocycles. The Kier molecular flexibility index (Phi) is 3.28. The number of phenols is 1. The van der Waals surface area contributed by atoms with Crippen LogP contribution in [0.2, 0.25) is 0 Å². The van der Waals surface area contributed by atoms with E-state index in [-0.39, 0.29) is 5.75 Å². The number of carbonyl (C=O) groups excluding carboxylic acids is 1. The van der Waals surface area contributed by atoms with Crippen molar-refractivity contribution in [2.24, 2.45) is 0 Å². The summed E-state index contributed by atoms with van der Waals surface area (Å²) in [5.74, 6) is 0.975. The third-order valence-electron chi connectivity index (χ3n) is 2.83. The van der Waals surface area contributed by atoms with Gasteiger partial charge in [-0.25, -0.2) is 0 Å². The van der Waals surface area contributed by atoms with Crippen LogP contribution in [0.5, 0.6) is 11.5 Å². The summed E-state index contributed by atoms with van der Waals surface area (Å²) < 4.78 is 5.24. The SMILES string of the molecule is COc1cccc2c(O)c(CCC=O)ccc12. The molecule has 88 valence electrons. The molecule has 0 heterocycles. The lowest BCUT2D eigenvalue weighted by Gasteiger charge is -2.09. The van der Waals surface area contributed by atoms with Gasteiger partial charge >= 0.3 is 0 Å². The zero-order chi connectivity index (χ0) is 12.3. The second-order valence-electron chi connectivity index (χ2n) is 3.83. The standard InChI is InChI=1S/C14H14O3/c1-17-13-6-2-5-12-11(13)8-7-10(14(12)16)4-3-9-15/h2,5-9,16H,3-4H2,1H3. The molecule has 0 spiro atoms. The Hall–Kier alpha value is -2.03. The lowest BCUT2D eigenvalue weighted by molar-refractivity contribution is -0.107. The lowest BCUT2D eigenvalue weighted by Crippen LogP contribution is -1.90. The number of hydrogen-bond donors (Lipinski definition) is 1. The Balaban J connectivity index is 2.56. The Morgan fingerprint density at radius 2 is 2.06 bits per heavy atom. The van der Waals surface area contributed by atoms with Crippen molar-refractivity contribution in [3.8, 4) is 11.5 Å². The summed E-state index contributed by atoms with van der Waals surface area (Å²) in [6, 6.07) is 9.28. The van der Waals surface area contributed by atoms with Crippen LogP contribution in [0.4, 0.5) is 0 Å². The van der Waals surface area contributed by atoms with Gasteiger partial charge in [-0.15, -0.1) is 0 Å². The molecule has 0 saturated heterocycles. The summed E-state index contributed by atoms with van der Waals surface area (Å²) in [5.41, 5.74) is 0.790. The summed E-state index contributed by atoms with van der Waals surface area (Å²) in [7, 11) is 1.60. The first-order valence-electron chi connectivity index (χ1n) is 5.49. The third-order valence-corrected chi connectivity index (χ3v) is 2.83. The minimum Gasteiger partial charge on any atom is -0.507 e. The van der Waals surface area contributed by atoms with Gasteiger partial charge < -0.3 is 14.6 Å². The molecule has 17 heavy (non-hydrogen) atoms. The number of hydrogen-bond acceptors (Lipinski definition) is 3. The molecule has 0 atom stereocenters. The summed E-state index contributed by atoms with van der Waals surface area (Å²) >= 11 is 0. The molecule has 0 bridgehead atoms. The van der Waals surface area contributed by atoms with Crippen LogP contribution < -0.4 is 4.74 Å². The van der Waals surface area contributed by atoms with Gasteiger partial charge in [-0.3, -0.25) is 0 Å². The molecule has 0 aromatic heterocycles. The Labute approximate surface area is 99.6 Å². The maximum absolute atomic E-state index is 10.4. The number of phenolic OH excluding ortho intramolecular Hbond substituents is 1. The van der Waals surface area contributed by atoms with Crippen molar-refractivity contribution < 1.29 is 14.6 Å². The van der Waals surface area contributed by atoms with Gasteiger partial charge in [0.05, 0.1) is 7.11 Å². The average Bonchev–Trinajstić information content (AvgIpc) is 2.37. The first kappa shape index (κ1) is 11.5. The van der Waals surface area contributed by atoms with Gasteiger partial charge in [-0.2, -0.15) is 0 Å². The van der Waals surface area contributed by atoms with Gasteiger partial charge in [-0.05, 0) is 18.1 Å². The van der Waals surface area contributed by atoms with Crippen molar-refractivity contribution in [2.45, 2.75) is 12.8 Å². The second kappa shape index (κ2) is 4.87. The van der Waals surface area contributed by atoms with Crippen LogP contribution in [0, 0.1) is 0 Å². The van der Waals surface area contributed by atoms with Crippen LogP contribution in [0.1, 0.15) is 12.0 Å². The minimum atomic E-state index is 0.239. The third kappa shape index (κ3) is 2.09. The fourth-order valence-electron chi connectivity index (χ4n) is 1.95. The smallest absolute Gasteiger partial charge is 0.126 e. The molecular weight excluding hydrogens is 216 g/mol. The van der Waals surface area contributed by atoms with Gasteiger partial charge in [0, 0.05) is 17.2 Å². The largest absolute Gasteiger partial charge is 0.507 e. The van der Waals surface area contributed by atoms with Crippen LogP contribution in [0.15, 0.2) is 30.3 Å². The number of methoxy groups -OCH3 is 1. The van der Waals surface area contributed by atoms with Crippen molar-refractivity contribution in [2.75, 3.05) is 7.11 Å². The number of aromatic hydroxyl groups is 1. The molecule has 3 nitrogen and oxygen atoms in total. The number of fused-ring (bicyclic) bond motifs is 1. The number of ether oxygens (including phenoxy) is 1. The molecule has 2 aromatic rings. The maximum atomic E-state index is 10.4. The molecule has 1 N–H and O–H groups in total. The molecule has 0 aliphatic carbocycles. The van der Waals surface area contributed by atoms with E-state index >= 15 is 0 Å². The first-order chi connectivity index (χ1) is 8.27. The highest BCUT2D eigenvalue weighted by molar-refractivity contribution is 5.93. The fourth-order valence-corrected chi connectivity index (χ4v) is 1.95. The maximum Gasteiger partial charge on any atom is 0.126 e. The van der Waals surface area contributed by atoms with Gasteiger partial charge in [0.25, 0.3) is 0 Å². The van der Waals surface area contributed by atoms with Crippen LogP contribution in [-0.4, -0.2) is 18.5 Å². The van der Waals surface area contributed by atoms with Gasteiger partial charge in [0.1, 0.15) is 17.8 Å². The number of benzene rings is 2. The van der Waals surface area contributed by atoms with Crippen LogP contribution in [-0.2, 0) is 11.2 Å². The van der Waals surface area contributed by atoms with Crippen molar-refractivity contribution in [3.63, 3.8) is 0 Å². The van der Waals surface area contributed by atoms with E-state index in [9.17, 15) is 9.90 Å². The average molecular weight is 230 g/mol.